The van der Waals surface area contributed by atoms with E-state index in [4.69, 9.17) is 19.2 Å². The third-order valence-corrected chi connectivity index (χ3v) is 4.28. The van der Waals surface area contributed by atoms with Crippen LogP contribution in [0.3, 0.4) is 0 Å². The Balaban J connectivity index is 2.10. The van der Waals surface area contributed by atoms with E-state index in [-0.39, 0.29) is 6.04 Å². The van der Waals surface area contributed by atoms with Gasteiger partial charge in [0.25, 0.3) is 0 Å². The summed E-state index contributed by atoms with van der Waals surface area (Å²) in [5.74, 6) is 2.05. The summed E-state index contributed by atoms with van der Waals surface area (Å²) >= 11 is 0. The number of ether oxygens (including phenoxy) is 3. The molecule has 1 aliphatic rings. The summed E-state index contributed by atoms with van der Waals surface area (Å²) in [7, 11) is 5.07. The summed E-state index contributed by atoms with van der Waals surface area (Å²) in [6.45, 7) is 6.80. The zero-order chi connectivity index (χ0) is 16.8. The molecule has 1 aromatic carbocycles. The first-order valence-electron chi connectivity index (χ1n) is 8.09. The molecule has 23 heavy (non-hydrogen) atoms. The van der Waals surface area contributed by atoms with Crippen LogP contribution >= 0.6 is 0 Å². The molecule has 0 saturated carbocycles. The standard InChI is InChI=1S/C18H28N2O3/c1-13(2)16(11-21-3)19-12-20-7-6-14-8-17(22-4)18(23-5)9-15(14)10-20/h8-9,12-13,16H,6-7,10-11H2,1-5H3/t16-/m1/s1. The zero-order valence-corrected chi connectivity index (χ0v) is 14.8. The molecule has 0 spiro atoms. The monoisotopic (exact) mass is 320 g/mol. The van der Waals surface area contributed by atoms with Gasteiger partial charge in [0.15, 0.2) is 11.5 Å². The van der Waals surface area contributed by atoms with Crippen LogP contribution in [-0.2, 0) is 17.7 Å². The molecule has 0 amide bonds. The van der Waals surface area contributed by atoms with Gasteiger partial charge in [0.1, 0.15) is 0 Å². The fourth-order valence-corrected chi connectivity index (χ4v) is 2.76. The highest BCUT2D eigenvalue weighted by Gasteiger charge is 2.18. The van der Waals surface area contributed by atoms with Gasteiger partial charge in [-0.15, -0.1) is 0 Å². The lowest BCUT2D eigenvalue weighted by molar-refractivity contribution is 0.164. The van der Waals surface area contributed by atoms with Crippen LogP contribution in [0, 0.1) is 5.92 Å². The largest absolute Gasteiger partial charge is 0.493 e. The summed E-state index contributed by atoms with van der Waals surface area (Å²) in [4.78, 5) is 6.96. The van der Waals surface area contributed by atoms with Crippen molar-refractivity contribution in [2.24, 2.45) is 10.9 Å². The van der Waals surface area contributed by atoms with Crippen molar-refractivity contribution in [2.75, 3.05) is 34.5 Å². The number of nitrogens with zero attached hydrogens (tertiary/aromatic N) is 2. The van der Waals surface area contributed by atoms with Gasteiger partial charge >= 0.3 is 0 Å². The van der Waals surface area contributed by atoms with Gasteiger partial charge < -0.3 is 19.1 Å². The van der Waals surface area contributed by atoms with Crippen LogP contribution in [0.4, 0.5) is 0 Å². The van der Waals surface area contributed by atoms with Crippen molar-refractivity contribution in [3.05, 3.63) is 23.3 Å². The zero-order valence-electron chi connectivity index (χ0n) is 14.8. The first-order valence-corrected chi connectivity index (χ1v) is 8.09. The van der Waals surface area contributed by atoms with Crippen molar-refractivity contribution in [3.8, 4) is 11.5 Å². The number of hydrogen-bond donors (Lipinski definition) is 0. The summed E-state index contributed by atoms with van der Waals surface area (Å²) in [5, 5.41) is 0. The Kier molecular flexibility index (Phi) is 6.28. The number of methoxy groups -OCH3 is 3. The van der Waals surface area contributed by atoms with E-state index in [2.05, 4.69) is 30.9 Å². The van der Waals surface area contributed by atoms with Gasteiger partial charge in [-0.2, -0.15) is 0 Å². The SMILES string of the molecule is COC[C@@H](N=CN1CCc2cc(OC)c(OC)cc2C1)C(C)C. The predicted octanol–water partition coefficient (Wildman–Crippen LogP) is 2.76. The summed E-state index contributed by atoms with van der Waals surface area (Å²) in [6.07, 6.45) is 2.96. The van der Waals surface area contributed by atoms with Crippen molar-refractivity contribution >= 4 is 6.34 Å². The van der Waals surface area contributed by atoms with Gasteiger partial charge in [-0.1, -0.05) is 13.8 Å². The number of rotatable bonds is 7. The topological polar surface area (TPSA) is 43.3 Å². The van der Waals surface area contributed by atoms with Gasteiger partial charge in [0, 0.05) is 20.2 Å². The number of aliphatic imine (C=N–C) groups is 1. The Morgan fingerprint density at radius 1 is 1.13 bits per heavy atom. The second kappa shape index (κ2) is 8.20. The van der Waals surface area contributed by atoms with E-state index in [1.54, 1.807) is 21.3 Å². The lowest BCUT2D eigenvalue weighted by Crippen LogP contribution is -2.31. The Morgan fingerprint density at radius 3 is 2.35 bits per heavy atom. The minimum absolute atomic E-state index is 0.201. The molecule has 1 aromatic rings. The summed E-state index contributed by atoms with van der Waals surface area (Å²) < 4.78 is 16.0. The molecule has 0 aliphatic carbocycles. The average Bonchev–Trinajstić information content (AvgIpc) is 2.56. The molecule has 1 aliphatic heterocycles. The van der Waals surface area contributed by atoms with Gasteiger partial charge in [-0.3, -0.25) is 4.99 Å². The maximum Gasteiger partial charge on any atom is 0.161 e. The van der Waals surface area contributed by atoms with Crippen molar-refractivity contribution in [3.63, 3.8) is 0 Å². The maximum atomic E-state index is 5.41. The van der Waals surface area contributed by atoms with Crippen molar-refractivity contribution < 1.29 is 14.2 Å². The highest BCUT2D eigenvalue weighted by atomic mass is 16.5. The average molecular weight is 320 g/mol. The smallest absolute Gasteiger partial charge is 0.161 e. The van der Waals surface area contributed by atoms with E-state index < -0.39 is 0 Å². The minimum atomic E-state index is 0.201. The summed E-state index contributed by atoms with van der Waals surface area (Å²) in [5.41, 5.74) is 2.60. The molecular formula is C18H28N2O3. The normalized spacial score (nSPS) is 15.8. The van der Waals surface area contributed by atoms with Crippen molar-refractivity contribution in [1.29, 1.82) is 0 Å². The molecule has 0 bridgehead atoms. The molecule has 5 heteroatoms. The lowest BCUT2D eigenvalue weighted by Gasteiger charge is -2.28. The number of hydrogen-bond acceptors (Lipinski definition) is 4. The summed E-state index contributed by atoms with van der Waals surface area (Å²) in [6, 6.07) is 4.36. The fourth-order valence-electron chi connectivity index (χ4n) is 2.76. The molecule has 0 unspecified atom stereocenters. The van der Waals surface area contributed by atoms with E-state index in [0.717, 1.165) is 31.0 Å². The van der Waals surface area contributed by atoms with E-state index in [0.29, 0.717) is 12.5 Å². The Hall–Kier alpha value is -1.75. The first-order chi connectivity index (χ1) is 11.1. The predicted molar refractivity (Wildman–Crippen MR) is 92.7 cm³/mol. The van der Waals surface area contributed by atoms with Crippen LogP contribution in [-0.4, -0.2) is 51.8 Å². The highest BCUT2D eigenvalue weighted by Crippen LogP contribution is 2.32. The van der Waals surface area contributed by atoms with Crippen molar-refractivity contribution in [2.45, 2.75) is 32.9 Å². The second-order valence-corrected chi connectivity index (χ2v) is 6.23. The molecule has 0 saturated heterocycles. The molecule has 0 N–H and O–H groups in total. The lowest BCUT2D eigenvalue weighted by atomic mass is 9.99. The molecule has 1 atom stereocenters. The van der Waals surface area contributed by atoms with Gasteiger partial charge in [-0.25, -0.2) is 0 Å². The fraction of sp³-hybridized carbons (Fsp3) is 0.611. The van der Waals surface area contributed by atoms with Crippen LogP contribution in [0.25, 0.3) is 0 Å². The molecule has 0 aromatic heterocycles. The van der Waals surface area contributed by atoms with Crippen molar-refractivity contribution in [1.82, 2.24) is 4.90 Å². The molecule has 0 radical (unpaired) electrons. The van der Waals surface area contributed by atoms with Crippen LogP contribution in [0.1, 0.15) is 25.0 Å². The quantitative estimate of drug-likeness (QED) is 0.572. The first kappa shape index (κ1) is 17.6. The third-order valence-electron chi connectivity index (χ3n) is 4.28. The Bertz CT molecular complexity index is 543. The van der Waals surface area contributed by atoms with Crippen LogP contribution < -0.4 is 9.47 Å². The molecule has 2 rings (SSSR count). The molecule has 1 heterocycles. The van der Waals surface area contributed by atoms with Gasteiger partial charge in [-0.05, 0) is 35.6 Å². The third kappa shape index (κ3) is 4.38. The van der Waals surface area contributed by atoms with Gasteiger partial charge in [0.05, 0.1) is 33.2 Å². The Morgan fingerprint density at radius 2 is 1.78 bits per heavy atom. The van der Waals surface area contributed by atoms with E-state index in [1.807, 2.05) is 6.34 Å². The minimum Gasteiger partial charge on any atom is -0.493 e. The maximum absolute atomic E-state index is 5.41. The number of fused-ring (bicyclic) bond motifs is 1. The van der Waals surface area contributed by atoms with E-state index in [1.165, 1.54) is 11.1 Å². The Labute approximate surface area is 139 Å². The van der Waals surface area contributed by atoms with Crippen LogP contribution in [0.5, 0.6) is 11.5 Å². The van der Waals surface area contributed by atoms with E-state index >= 15 is 0 Å². The molecule has 5 nitrogen and oxygen atoms in total. The van der Waals surface area contributed by atoms with Crippen LogP contribution in [0.15, 0.2) is 17.1 Å². The highest BCUT2D eigenvalue weighted by molar-refractivity contribution is 5.57. The molecule has 128 valence electrons. The second-order valence-electron chi connectivity index (χ2n) is 6.23. The molecule has 0 fully saturated rings. The van der Waals surface area contributed by atoms with E-state index in [9.17, 15) is 0 Å². The van der Waals surface area contributed by atoms with Gasteiger partial charge in [0.2, 0.25) is 0 Å². The number of benzene rings is 1. The molecular weight excluding hydrogens is 292 g/mol. The van der Waals surface area contributed by atoms with Crippen LogP contribution in [0.2, 0.25) is 0 Å².